The van der Waals surface area contributed by atoms with Gasteiger partial charge in [0.05, 0.1) is 12.2 Å². The summed E-state index contributed by atoms with van der Waals surface area (Å²) >= 11 is 0. The zero-order chi connectivity index (χ0) is 15.6. The van der Waals surface area contributed by atoms with Crippen LogP contribution < -0.4 is 5.48 Å². The van der Waals surface area contributed by atoms with Crippen LogP contribution in [0.3, 0.4) is 0 Å². The SMILES string of the molecule is CC(C)(ONC(=O)c1ccccn1)c1cnn(C2CCC2)c1. The van der Waals surface area contributed by atoms with Gasteiger partial charge in [0.2, 0.25) is 0 Å². The van der Waals surface area contributed by atoms with Crippen LogP contribution in [0.25, 0.3) is 0 Å². The van der Waals surface area contributed by atoms with Crippen LogP contribution >= 0.6 is 0 Å². The lowest BCUT2D eigenvalue weighted by molar-refractivity contribution is -0.0750. The fourth-order valence-electron chi connectivity index (χ4n) is 2.28. The number of hydrogen-bond donors (Lipinski definition) is 1. The molecule has 1 aliphatic carbocycles. The summed E-state index contributed by atoms with van der Waals surface area (Å²) in [6, 6.07) is 5.67. The van der Waals surface area contributed by atoms with Gasteiger partial charge in [0.25, 0.3) is 5.91 Å². The molecule has 6 nitrogen and oxygen atoms in total. The summed E-state index contributed by atoms with van der Waals surface area (Å²) in [6.45, 7) is 3.79. The van der Waals surface area contributed by atoms with E-state index in [-0.39, 0.29) is 5.91 Å². The number of hydrogen-bond acceptors (Lipinski definition) is 4. The number of hydroxylamine groups is 1. The average Bonchev–Trinajstić information content (AvgIpc) is 2.94. The molecule has 2 aromatic rings. The summed E-state index contributed by atoms with van der Waals surface area (Å²) in [4.78, 5) is 21.5. The second-order valence-electron chi connectivity index (χ2n) is 6.05. The highest BCUT2D eigenvalue weighted by molar-refractivity contribution is 5.91. The van der Waals surface area contributed by atoms with Crippen LogP contribution in [0.15, 0.2) is 36.8 Å². The molecule has 1 N–H and O–H groups in total. The van der Waals surface area contributed by atoms with Gasteiger partial charge in [-0.3, -0.25) is 19.3 Å². The molecule has 0 aromatic carbocycles. The van der Waals surface area contributed by atoms with Crippen molar-refractivity contribution in [2.75, 3.05) is 0 Å². The van der Waals surface area contributed by atoms with E-state index in [2.05, 4.69) is 15.6 Å². The van der Waals surface area contributed by atoms with Gasteiger partial charge in [0.15, 0.2) is 0 Å². The van der Waals surface area contributed by atoms with Gasteiger partial charge < -0.3 is 0 Å². The molecule has 1 fully saturated rings. The van der Waals surface area contributed by atoms with Crippen molar-refractivity contribution in [3.63, 3.8) is 0 Å². The summed E-state index contributed by atoms with van der Waals surface area (Å²) in [5, 5.41) is 4.40. The summed E-state index contributed by atoms with van der Waals surface area (Å²) in [6.07, 6.45) is 8.99. The molecule has 1 saturated carbocycles. The van der Waals surface area contributed by atoms with Crippen LogP contribution in [-0.2, 0) is 10.4 Å². The van der Waals surface area contributed by atoms with Crippen molar-refractivity contribution in [3.05, 3.63) is 48.0 Å². The number of nitrogens with one attached hydrogen (secondary N) is 1. The second kappa shape index (κ2) is 5.88. The third-order valence-corrected chi connectivity index (χ3v) is 4.04. The monoisotopic (exact) mass is 300 g/mol. The Bertz CT molecular complexity index is 647. The molecule has 1 aliphatic rings. The Kier molecular flexibility index (Phi) is 3.94. The first-order valence-corrected chi connectivity index (χ1v) is 7.50. The normalized spacial score (nSPS) is 15.4. The molecule has 0 atom stereocenters. The third kappa shape index (κ3) is 3.01. The van der Waals surface area contributed by atoms with E-state index in [4.69, 9.17) is 4.84 Å². The van der Waals surface area contributed by atoms with Gasteiger partial charge in [-0.15, -0.1) is 0 Å². The molecule has 22 heavy (non-hydrogen) atoms. The maximum atomic E-state index is 12.0. The number of carbonyl (C=O) groups excluding carboxylic acids is 1. The van der Waals surface area contributed by atoms with Crippen molar-refractivity contribution in [2.45, 2.75) is 44.8 Å². The van der Waals surface area contributed by atoms with Gasteiger partial charge in [-0.1, -0.05) is 6.07 Å². The number of carbonyl (C=O) groups is 1. The lowest BCUT2D eigenvalue weighted by atomic mass is 9.93. The minimum absolute atomic E-state index is 0.323. The predicted octanol–water partition coefficient (Wildman–Crippen LogP) is 2.60. The van der Waals surface area contributed by atoms with E-state index in [0.29, 0.717) is 11.7 Å². The van der Waals surface area contributed by atoms with Crippen molar-refractivity contribution in [3.8, 4) is 0 Å². The van der Waals surface area contributed by atoms with Crippen LogP contribution in [0.1, 0.15) is 55.2 Å². The quantitative estimate of drug-likeness (QED) is 0.862. The maximum Gasteiger partial charge on any atom is 0.293 e. The Morgan fingerprint density at radius 3 is 2.86 bits per heavy atom. The number of amides is 1. The standard InChI is InChI=1S/C16H20N4O2/c1-16(2,12-10-18-20(11-12)13-6-5-7-13)22-19-15(21)14-8-3-4-9-17-14/h3-4,8-11,13H,5-7H2,1-2H3,(H,19,21). The van der Waals surface area contributed by atoms with Crippen LogP contribution in [0, 0.1) is 0 Å². The Labute approximate surface area is 129 Å². The lowest BCUT2D eigenvalue weighted by Gasteiger charge is -2.26. The van der Waals surface area contributed by atoms with Crippen molar-refractivity contribution in [1.82, 2.24) is 20.2 Å². The Morgan fingerprint density at radius 2 is 2.23 bits per heavy atom. The van der Waals surface area contributed by atoms with Crippen LogP contribution in [0.4, 0.5) is 0 Å². The predicted molar refractivity (Wildman–Crippen MR) is 80.9 cm³/mol. The molecular weight excluding hydrogens is 280 g/mol. The average molecular weight is 300 g/mol. The van der Waals surface area contributed by atoms with Crippen molar-refractivity contribution < 1.29 is 9.63 Å². The van der Waals surface area contributed by atoms with Gasteiger partial charge in [-0.25, -0.2) is 5.48 Å². The summed E-state index contributed by atoms with van der Waals surface area (Å²) in [5.41, 5.74) is 3.06. The van der Waals surface area contributed by atoms with E-state index >= 15 is 0 Å². The van der Waals surface area contributed by atoms with E-state index in [9.17, 15) is 4.79 Å². The highest BCUT2D eigenvalue weighted by atomic mass is 16.7. The minimum Gasteiger partial charge on any atom is -0.269 e. The minimum atomic E-state index is -0.660. The van der Waals surface area contributed by atoms with Gasteiger partial charge >= 0.3 is 0 Å². The lowest BCUT2D eigenvalue weighted by Crippen LogP contribution is -2.34. The highest BCUT2D eigenvalue weighted by Gasteiger charge is 2.27. The number of pyridine rings is 1. The first-order valence-electron chi connectivity index (χ1n) is 7.50. The fraction of sp³-hybridized carbons (Fsp3) is 0.438. The first-order chi connectivity index (χ1) is 10.6. The zero-order valence-corrected chi connectivity index (χ0v) is 12.8. The highest BCUT2D eigenvalue weighted by Crippen LogP contribution is 2.32. The molecule has 116 valence electrons. The molecule has 0 unspecified atom stereocenters. The number of nitrogens with zero attached hydrogens (tertiary/aromatic N) is 3. The zero-order valence-electron chi connectivity index (χ0n) is 12.8. The maximum absolute atomic E-state index is 12.0. The smallest absolute Gasteiger partial charge is 0.269 e. The van der Waals surface area contributed by atoms with Crippen LogP contribution in [0.5, 0.6) is 0 Å². The largest absolute Gasteiger partial charge is 0.293 e. The molecule has 1 amide bonds. The van der Waals surface area contributed by atoms with Gasteiger partial charge in [0.1, 0.15) is 11.3 Å². The topological polar surface area (TPSA) is 69.0 Å². The first kappa shape index (κ1) is 14.7. The van der Waals surface area contributed by atoms with Gasteiger partial charge in [-0.2, -0.15) is 5.10 Å². The van der Waals surface area contributed by atoms with E-state index in [0.717, 1.165) is 5.56 Å². The third-order valence-electron chi connectivity index (χ3n) is 4.04. The number of aromatic nitrogens is 3. The van der Waals surface area contributed by atoms with Crippen molar-refractivity contribution >= 4 is 5.91 Å². The van der Waals surface area contributed by atoms with E-state index in [1.165, 1.54) is 19.3 Å². The molecule has 0 aliphatic heterocycles. The molecule has 3 rings (SSSR count). The molecule has 2 aromatic heterocycles. The summed E-state index contributed by atoms with van der Waals surface area (Å²) in [5.74, 6) is -0.361. The van der Waals surface area contributed by atoms with Gasteiger partial charge in [-0.05, 0) is 45.2 Å². The Morgan fingerprint density at radius 1 is 1.41 bits per heavy atom. The molecule has 2 heterocycles. The van der Waals surface area contributed by atoms with E-state index < -0.39 is 5.60 Å². The number of rotatable bonds is 5. The molecule has 6 heteroatoms. The summed E-state index contributed by atoms with van der Waals surface area (Å²) in [7, 11) is 0. The van der Waals surface area contributed by atoms with Crippen LogP contribution in [-0.4, -0.2) is 20.7 Å². The van der Waals surface area contributed by atoms with Gasteiger partial charge in [0, 0.05) is 18.0 Å². The second-order valence-corrected chi connectivity index (χ2v) is 6.05. The summed E-state index contributed by atoms with van der Waals surface area (Å²) < 4.78 is 1.99. The Hall–Kier alpha value is -2.21. The van der Waals surface area contributed by atoms with Crippen molar-refractivity contribution in [2.24, 2.45) is 0 Å². The molecule has 0 radical (unpaired) electrons. The molecule has 0 saturated heterocycles. The van der Waals surface area contributed by atoms with E-state index in [1.807, 2.05) is 24.7 Å². The van der Waals surface area contributed by atoms with Crippen molar-refractivity contribution in [1.29, 1.82) is 0 Å². The van der Waals surface area contributed by atoms with Crippen LogP contribution in [0.2, 0.25) is 0 Å². The molecule has 0 bridgehead atoms. The molecular formula is C16H20N4O2. The van der Waals surface area contributed by atoms with E-state index in [1.54, 1.807) is 30.6 Å². The molecule has 0 spiro atoms. The Balaban J connectivity index is 1.63. The fourth-order valence-corrected chi connectivity index (χ4v) is 2.28.